The molecule has 2 aromatic carbocycles. The number of esters is 1. The predicted octanol–water partition coefficient (Wildman–Crippen LogP) is 3.83. The minimum atomic E-state index is -0.294. The fourth-order valence-electron chi connectivity index (χ4n) is 1.82. The van der Waals surface area contributed by atoms with E-state index in [1.54, 1.807) is 6.08 Å². The number of rotatable bonds is 4. The summed E-state index contributed by atoms with van der Waals surface area (Å²) in [5.74, 6) is -0.294. The fraction of sp³-hybridized carbons (Fsp3) is 0.118. The van der Waals surface area contributed by atoms with Gasteiger partial charge in [-0.1, -0.05) is 66.7 Å². The Kier molecular flexibility index (Phi) is 4.51. The summed E-state index contributed by atoms with van der Waals surface area (Å²) in [7, 11) is 0. The molecule has 0 saturated carbocycles. The minimum Gasteiger partial charge on any atom is -0.457 e. The molecular formula is C17H16O2. The molecule has 0 aromatic heterocycles. The number of hydrogen-bond acceptors (Lipinski definition) is 2. The smallest absolute Gasteiger partial charge is 0.338 e. The number of hydrogen-bond donors (Lipinski definition) is 0. The zero-order valence-corrected chi connectivity index (χ0v) is 10.9. The van der Waals surface area contributed by atoms with Gasteiger partial charge < -0.3 is 4.74 Å². The molecule has 2 heteroatoms. The molecule has 0 fully saturated rings. The van der Waals surface area contributed by atoms with Crippen molar-refractivity contribution in [3.05, 3.63) is 77.9 Å². The first-order chi connectivity index (χ1) is 9.31. The monoisotopic (exact) mass is 252 g/mol. The highest BCUT2D eigenvalue weighted by molar-refractivity contribution is 6.16. The average molecular weight is 252 g/mol. The van der Waals surface area contributed by atoms with Gasteiger partial charge in [-0.05, 0) is 18.1 Å². The second kappa shape index (κ2) is 6.55. The summed E-state index contributed by atoms with van der Waals surface area (Å²) in [5.41, 5.74) is 2.46. The Hall–Kier alpha value is -2.35. The van der Waals surface area contributed by atoms with Gasteiger partial charge in [-0.3, -0.25) is 0 Å². The van der Waals surface area contributed by atoms with E-state index in [0.29, 0.717) is 12.2 Å². The van der Waals surface area contributed by atoms with Crippen LogP contribution in [0, 0.1) is 0 Å². The summed E-state index contributed by atoms with van der Waals surface area (Å²) >= 11 is 0. The molecule has 2 nitrogen and oxygen atoms in total. The van der Waals surface area contributed by atoms with Gasteiger partial charge in [0.1, 0.15) is 6.61 Å². The summed E-state index contributed by atoms with van der Waals surface area (Å²) in [4.78, 5) is 12.1. The predicted molar refractivity (Wildman–Crippen MR) is 76.3 cm³/mol. The zero-order chi connectivity index (χ0) is 13.5. The molecule has 0 atom stereocenters. The topological polar surface area (TPSA) is 26.3 Å². The number of allylic oxidation sites excluding steroid dienone is 1. The maximum atomic E-state index is 12.1. The van der Waals surface area contributed by atoms with Gasteiger partial charge in [0.2, 0.25) is 0 Å². The Bertz CT molecular complexity index is 556. The van der Waals surface area contributed by atoms with Gasteiger partial charge in [0, 0.05) is 0 Å². The van der Waals surface area contributed by atoms with Crippen LogP contribution in [0.3, 0.4) is 0 Å². The summed E-state index contributed by atoms with van der Waals surface area (Å²) < 4.78 is 5.33. The molecule has 0 amide bonds. The summed E-state index contributed by atoms with van der Waals surface area (Å²) in [6, 6.07) is 19.2. The van der Waals surface area contributed by atoms with Crippen LogP contribution in [-0.4, -0.2) is 5.97 Å². The van der Waals surface area contributed by atoms with Crippen LogP contribution in [-0.2, 0) is 16.1 Å². The van der Waals surface area contributed by atoms with Gasteiger partial charge in [-0.15, -0.1) is 0 Å². The van der Waals surface area contributed by atoms with Gasteiger partial charge >= 0.3 is 5.97 Å². The molecule has 0 aliphatic heterocycles. The average Bonchev–Trinajstić information content (AvgIpc) is 2.48. The molecule has 0 bridgehead atoms. The standard InChI is InChI=1S/C17H16O2/c1-2-16(15-11-7-4-8-12-15)17(18)19-13-14-9-5-3-6-10-14/h2-12H,13H2,1H3/b16-2-. The van der Waals surface area contributed by atoms with Crippen molar-refractivity contribution in [3.8, 4) is 0 Å². The first-order valence-corrected chi connectivity index (χ1v) is 6.24. The van der Waals surface area contributed by atoms with Crippen molar-refractivity contribution in [3.63, 3.8) is 0 Å². The van der Waals surface area contributed by atoms with E-state index in [9.17, 15) is 4.79 Å². The van der Waals surface area contributed by atoms with Crippen LogP contribution < -0.4 is 0 Å². The molecule has 0 aliphatic rings. The molecule has 0 spiro atoms. The van der Waals surface area contributed by atoms with E-state index in [2.05, 4.69) is 0 Å². The zero-order valence-electron chi connectivity index (χ0n) is 10.9. The van der Waals surface area contributed by atoms with Gasteiger partial charge in [0.05, 0.1) is 5.57 Å². The molecule has 19 heavy (non-hydrogen) atoms. The Morgan fingerprint density at radius 2 is 1.58 bits per heavy atom. The molecule has 0 radical (unpaired) electrons. The molecule has 96 valence electrons. The van der Waals surface area contributed by atoms with Crippen LogP contribution in [0.15, 0.2) is 66.7 Å². The Morgan fingerprint density at radius 1 is 1.00 bits per heavy atom. The Morgan fingerprint density at radius 3 is 2.16 bits per heavy atom. The van der Waals surface area contributed by atoms with Crippen LogP contribution in [0.2, 0.25) is 0 Å². The van der Waals surface area contributed by atoms with E-state index in [0.717, 1.165) is 11.1 Å². The number of ether oxygens (including phenoxy) is 1. The van der Waals surface area contributed by atoms with Crippen molar-refractivity contribution in [2.24, 2.45) is 0 Å². The van der Waals surface area contributed by atoms with Gasteiger partial charge in [0.25, 0.3) is 0 Å². The lowest BCUT2D eigenvalue weighted by atomic mass is 10.1. The van der Waals surface area contributed by atoms with Gasteiger partial charge in [-0.25, -0.2) is 4.79 Å². The maximum Gasteiger partial charge on any atom is 0.338 e. The van der Waals surface area contributed by atoms with Crippen LogP contribution in [0.1, 0.15) is 18.1 Å². The first-order valence-electron chi connectivity index (χ1n) is 6.24. The lowest BCUT2D eigenvalue weighted by molar-refractivity contribution is -0.137. The largest absolute Gasteiger partial charge is 0.457 e. The van der Waals surface area contributed by atoms with Crippen molar-refractivity contribution in [2.45, 2.75) is 13.5 Å². The lowest BCUT2D eigenvalue weighted by Gasteiger charge is -2.08. The number of carbonyl (C=O) groups is 1. The van der Waals surface area contributed by atoms with E-state index in [1.807, 2.05) is 67.6 Å². The molecule has 0 aliphatic carbocycles. The molecule has 0 unspecified atom stereocenters. The third kappa shape index (κ3) is 3.55. The third-order valence-electron chi connectivity index (χ3n) is 2.81. The summed E-state index contributed by atoms with van der Waals surface area (Å²) in [6.07, 6.45) is 1.78. The maximum absolute atomic E-state index is 12.1. The molecule has 0 heterocycles. The summed E-state index contributed by atoms with van der Waals surface area (Å²) in [5, 5.41) is 0. The van der Waals surface area contributed by atoms with Gasteiger partial charge in [-0.2, -0.15) is 0 Å². The van der Waals surface area contributed by atoms with Crippen molar-refractivity contribution in [1.29, 1.82) is 0 Å². The summed E-state index contributed by atoms with van der Waals surface area (Å²) in [6.45, 7) is 2.13. The molecule has 2 rings (SSSR count). The fourth-order valence-corrected chi connectivity index (χ4v) is 1.82. The second-order valence-corrected chi connectivity index (χ2v) is 4.13. The van der Waals surface area contributed by atoms with Crippen molar-refractivity contribution in [1.82, 2.24) is 0 Å². The quantitative estimate of drug-likeness (QED) is 0.610. The van der Waals surface area contributed by atoms with Crippen molar-refractivity contribution < 1.29 is 9.53 Å². The Balaban J connectivity index is 2.03. The second-order valence-electron chi connectivity index (χ2n) is 4.13. The van der Waals surface area contributed by atoms with Crippen LogP contribution >= 0.6 is 0 Å². The SMILES string of the molecule is C/C=C(\C(=O)OCc1ccccc1)c1ccccc1. The van der Waals surface area contributed by atoms with E-state index in [4.69, 9.17) is 4.74 Å². The normalized spacial score (nSPS) is 11.1. The number of benzene rings is 2. The molecule has 0 N–H and O–H groups in total. The van der Waals surface area contributed by atoms with Crippen molar-refractivity contribution in [2.75, 3.05) is 0 Å². The molecule has 0 saturated heterocycles. The van der Waals surface area contributed by atoms with E-state index >= 15 is 0 Å². The van der Waals surface area contributed by atoms with E-state index in [-0.39, 0.29) is 5.97 Å². The van der Waals surface area contributed by atoms with Crippen LogP contribution in [0.4, 0.5) is 0 Å². The highest BCUT2D eigenvalue weighted by Gasteiger charge is 2.12. The van der Waals surface area contributed by atoms with Crippen molar-refractivity contribution >= 4 is 11.5 Å². The van der Waals surface area contributed by atoms with Crippen LogP contribution in [0.5, 0.6) is 0 Å². The molecular weight excluding hydrogens is 236 g/mol. The molecule has 2 aromatic rings. The van der Waals surface area contributed by atoms with E-state index in [1.165, 1.54) is 0 Å². The highest BCUT2D eigenvalue weighted by atomic mass is 16.5. The van der Waals surface area contributed by atoms with Crippen LogP contribution in [0.25, 0.3) is 5.57 Å². The highest BCUT2D eigenvalue weighted by Crippen LogP contribution is 2.16. The lowest BCUT2D eigenvalue weighted by Crippen LogP contribution is -2.07. The minimum absolute atomic E-state index is 0.294. The third-order valence-corrected chi connectivity index (χ3v) is 2.81. The number of carbonyl (C=O) groups excluding carboxylic acids is 1. The Labute approximate surface area is 113 Å². The van der Waals surface area contributed by atoms with E-state index < -0.39 is 0 Å². The van der Waals surface area contributed by atoms with Gasteiger partial charge in [0.15, 0.2) is 0 Å². The first kappa shape index (κ1) is 13.1.